The van der Waals surface area contributed by atoms with Gasteiger partial charge < -0.3 is 11.5 Å². The van der Waals surface area contributed by atoms with Crippen LogP contribution in [-0.2, 0) is 6.18 Å². The normalized spacial score (nSPS) is 11.5. The lowest BCUT2D eigenvalue weighted by molar-refractivity contribution is -0.137. The van der Waals surface area contributed by atoms with Crippen LogP contribution in [0.2, 0.25) is 0 Å². The van der Waals surface area contributed by atoms with Gasteiger partial charge in [0.25, 0.3) is 0 Å². The first-order chi connectivity index (χ1) is 14.7. The molecule has 0 saturated heterocycles. The van der Waals surface area contributed by atoms with Crippen molar-refractivity contribution in [1.82, 2.24) is 19.9 Å². The Bertz CT molecular complexity index is 1240. The summed E-state index contributed by atoms with van der Waals surface area (Å²) >= 11 is 0. The first kappa shape index (κ1) is 20.2. The fourth-order valence-electron chi connectivity index (χ4n) is 3.06. The van der Waals surface area contributed by atoms with E-state index in [0.29, 0.717) is 11.1 Å². The van der Waals surface area contributed by atoms with Crippen molar-refractivity contribution in [3.63, 3.8) is 0 Å². The van der Waals surface area contributed by atoms with Gasteiger partial charge in [-0.1, -0.05) is 12.1 Å². The molecule has 4 rings (SSSR count). The molecule has 0 radical (unpaired) electrons. The third kappa shape index (κ3) is 4.13. The van der Waals surface area contributed by atoms with E-state index in [0.717, 1.165) is 18.2 Å². The first-order valence-electron chi connectivity index (χ1n) is 8.89. The Morgan fingerprint density at radius 3 is 2.00 bits per heavy atom. The Labute approximate surface area is 173 Å². The molecule has 4 N–H and O–H groups in total. The van der Waals surface area contributed by atoms with Gasteiger partial charge in [-0.05, 0) is 41.0 Å². The van der Waals surface area contributed by atoms with E-state index in [4.69, 9.17) is 11.5 Å². The molecule has 0 atom stereocenters. The van der Waals surface area contributed by atoms with Crippen molar-refractivity contribution in [3.05, 3.63) is 72.6 Å². The summed E-state index contributed by atoms with van der Waals surface area (Å²) in [4.78, 5) is 15.7. The number of benzene rings is 2. The maximum atomic E-state index is 14.9. The summed E-state index contributed by atoms with van der Waals surface area (Å²) < 4.78 is 54.9. The number of hydrogen-bond acceptors (Lipinski definition) is 6. The molecule has 4 aromatic rings. The van der Waals surface area contributed by atoms with Gasteiger partial charge in [0, 0.05) is 23.5 Å². The van der Waals surface area contributed by atoms with Gasteiger partial charge in [-0.25, -0.2) is 19.3 Å². The minimum atomic E-state index is -4.57. The number of anilines is 2. The van der Waals surface area contributed by atoms with Gasteiger partial charge in [-0.15, -0.1) is 0 Å². The molecule has 2 heterocycles. The number of nitrogens with two attached hydrogens (primary N) is 2. The number of rotatable bonds is 3. The van der Waals surface area contributed by atoms with Gasteiger partial charge in [0.1, 0.15) is 11.6 Å². The highest BCUT2D eigenvalue weighted by molar-refractivity contribution is 5.84. The number of halogens is 4. The van der Waals surface area contributed by atoms with Crippen molar-refractivity contribution >= 4 is 11.8 Å². The second kappa shape index (κ2) is 7.63. The molecule has 31 heavy (non-hydrogen) atoms. The molecule has 0 aliphatic rings. The van der Waals surface area contributed by atoms with Crippen LogP contribution in [0.15, 0.2) is 61.2 Å². The SMILES string of the molecule is Nc1cnc(-c2ccc(-c3cc(C(F)(F)F)ccc3-c3cnc(N)nc3)cc2F)cn1. The lowest BCUT2D eigenvalue weighted by Gasteiger charge is -2.15. The van der Waals surface area contributed by atoms with Crippen LogP contribution in [0.25, 0.3) is 33.5 Å². The molecule has 6 nitrogen and oxygen atoms in total. The van der Waals surface area contributed by atoms with Gasteiger partial charge in [0.15, 0.2) is 0 Å². The molecule has 0 bridgehead atoms. The standard InChI is InChI=1S/C21H14F4N6/c22-17-5-11(1-3-15(17)18-9-29-19(26)10-28-18)16-6-13(21(23,24)25)2-4-14(16)12-7-30-20(27)31-8-12/h1-10H,(H2,26,29)(H2,27,30,31). The lowest BCUT2D eigenvalue weighted by atomic mass is 9.93. The Hall–Kier alpha value is -4.08. The van der Waals surface area contributed by atoms with Crippen LogP contribution in [0.3, 0.4) is 0 Å². The molecule has 0 spiro atoms. The maximum absolute atomic E-state index is 14.9. The zero-order chi connectivity index (χ0) is 22.2. The van der Waals surface area contributed by atoms with Gasteiger partial charge in [0.2, 0.25) is 5.95 Å². The number of nitrogens with zero attached hydrogens (tertiary/aromatic N) is 4. The molecule has 0 saturated carbocycles. The molecule has 2 aromatic carbocycles. The number of hydrogen-bond donors (Lipinski definition) is 2. The van der Waals surface area contributed by atoms with Crippen LogP contribution in [0.1, 0.15) is 5.56 Å². The summed E-state index contributed by atoms with van der Waals surface area (Å²) in [5.41, 5.74) is 11.7. The zero-order valence-electron chi connectivity index (χ0n) is 15.7. The molecule has 156 valence electrons. The van der Waals surface area contributed by atoms with Gasteiger partial charge in [0.05, 0.1) is 23.7 Å². The van der Waals surface area contributed by atoms with Crippen molar-refractivity contribution in [2.45, 2.75) is 6.18 Å². The van der Waals surface area contributed by atoms with Gasteiger partial charge in [-0.2, -0.15) is 13.2 Å². The van der Waals surface area contributed by atoms with Crippen LogP contribution in [0.5, 0.6) is 0 Å². The Morgan fingerprint density at radius 1 is 0.677 bits per heavy atom. The predicted octanol–water partition coefficient (Wildman–Crippen LogP) is 4.59. The van der Waals surface area contributed by atoms with Crippen molar-refractivity contribution < 1.29 is 17.6 Å². The third-order valence-corrected chi connectivity index (χ3v) is 4.56. The first-order valence-corrected chi connectivity index (χ1v) is 8.89. The molecule has 2 aromatic heterocycles. The van der Waals surface area contributed by atoms with Crippen LogP contribution in [-0.4, -0.2) is 19.9 Å². The Balaban J connectivity index is 1.86. The highest BCUT2D eigenvalue weighted by Crippen LogP contribution is 2.38. The van der Waals surface area contributed by atoms with Crippen LogP contribution in [0, 0.1) is 5.82 Å². The molecule has 0 unspecified atom stereocenters. The molecule has 0 fully saturated rings. The summed E-state index contributed by atoms with van der Waals surface area (Å²) in [6.45, 7) is 0. The highest BCUT2D eigenvalue weighted by Gasteiger charge is 2.31. The van der Waals surface area contributed by atoms with Crippen LogP contribution < -0.4 is 11.5 Å². The van der Waals surface area contributed by atoms with Crippen molar-refractivity contribution in [2.75, 3.05) is 11.5 Å². The van der Waals surface area contributed by atoms with E-state index in [2.05, 4.69) is 19.9 Å². The maximum Gasteiger partial charge on any atom is 0.416 e. The summed E-state index contributed by atoms with van der Waals surface area (Å²) in [5, 5.41) is 0. The highest BCUT2D eigenvalue weighted by atomic mass is 19.4. The number of aromatic nitrogens is 4. The summed E-state index contributed by atoms with van der Waals surface area (Å²) in [5.74, 6) is -0.467. The molecular weight excluding hydrogens is 412 g/mol. The minimum absolute atomic E-state index is 0.0252. The molecule has 0 aliphatic carbocycles. The van der Waals surface area contributed by atoms with Crippen LogP contribution in [0.4, 0.5) is 29.3 Å². The van der Waals surface area contributed by atoms with Crippen LogP contribution >= 0.6 is 0 Å². The number of nitrogen functional groups attached to an aromatic ring is 2. The Kier molecular flexibility index (Phi) is 4.97. The fraction of sp³-hybridized carbons (Fsp3) is 0.0476. The molecular formula is C21H14F4N6. The van der Waals surface area contributed by atoms with E-state index in [-0.39, 0.29) is 34.2 Å². The van der Waals surface area contributed by atoms with E-state index >= 15 is 0 Å². The van der Waals surface area contributed by atoms with E-state index in [9.17, 15) is 17.6 Å². The smallest absolute Gasteiger partial charge is 0.382 e. The number of alkyl halides is 3. The minimum Gasteiger partial charge on any atom is -0.382 e. The summed E-state index contributed by atoms with van der Waals surface area (Å²) in [6, 6.07) is 7.28. The summed E-state index contributed by atoms with van der Waals surface area (Å²) in [7, 11) is 0. The van der Waals surface area contributed by atoms with E-state index in [1.807, 2.05) is 0 Å². The fourth-order valence-corrected chi connectivity index (χ4v) is 3.06. The quantitative estimate of drug-likeness (QED) is 0.465. The van der Waals surface area contributed by atoms with Crippen molar-refractivity contribution in [2.24, 2.45) is 0 Å². The largest absolute Gasteiger partial charge is 0.416 e. The second-order valence-corrected chi connectivity index (χ2v) is 6.61. The Morgan fingerprint density at radius 2 is 1.39 bits per heavy atom. The van der Waals surface area contributed by atoms with Crippen molar-refractivity contribution in [3.8, 4) is 33.5 Å². The molecule has 10 heteroatoms. The van der Waals surface area contributed by atoms with E-state index < -0.39 is 17.6 Å². The topological polar surface area (TPSA) is 104 Å². The lowest BCUT2D eigenvalue weighted by Crippen LogP contribution is -2.05. The molecule has 0 amide bonds. The van der Waals surface area contributed by atoms with E-state index in [1.54, 1.807) is 0 Å². The predicted molar refractivity (Wildman–Crippen MR) is 108 cm³/mol. The van der Waals surface area contributed by atoms with Gasteiger partial charge >= 0.3 is 6.18 Å². The van der Waals surface area contributed by atoms with Gasteiger partial charge in [-0.3, -0.25) is 4.98 Å². The molecule has 0 aliphatic heterocycles. The zero-order valence-corrected chi connectivity index (χ0v) is 15.7. The summed E-state index contributed by atoms with van der Waals surface area (Å²) in [6.07, 6.45) is 0.818. The average molecular weight is 426 g/mol. The third-order valence-electron chi connectivity index (χ3n) is 4.56. The average Bonchev–Trinajstić information content (AvgIpc) is 2.74. The monoisotopic (exact) mass is 426 g/mol. The van der Waals surface area contributed by atoms with E-state index in [1.165, 1.54) is 43.0 Å². The van der Waals surface area contributed by atoms with Crippen molar-refractivity contribution in [1.29, 1.82) is 0 Å². The second-order valence-electron chi connectivity index (χ2n) is 6.61.